The van der Waals surface area contributed by atoms with Crippen molar-refractivity contribution in [3.05, 3.63) is 0 Å². The van der Waals surface area contributed by atoms with Gasteiger partial charge in [0.15, 0.2) is 0 Å². The zero-order valence-electron chi connectivity index (χ0n) is 20.3. The van der Waals surface area contributed by atoms with E-state index in [1.165, 1.54) is 7.11 Å². The fraction of sp³-hybridized carbons (Fsp3) is 0.920. The molecule has 0 bridgehead atoms. The Morgan fingerprint density at radius 1 is 1.16 bits per heavy atom. The molecular weight excluding hydrogens is 408 g/mol. The SMILES string of the molecule is CON=C1C(O)CC23OC4C(CC2(C)C(C)CCC3C1(C)C)C(O)CC1C(=O)NC(C)C14. The van der Waals surface area contributed by atoms with Gasteiger partial charge in [0.1, 0.15) is 7.11 Å². The maximum atomic E-state index is 12.6. The summed E-state index contributed by atoms with van der Waals surface area (Å²) in [5, 5.41) is 29.9. The molecule has 0 aromatic rings. The van der Waals surface area contributed by atoms with Gasteiger partial charge in [-0.3, -0.25) is 4.79 Å². The Labute approximate surface area is 191 Å². The number of hydrogen-bond acceptors (Lipinski definition) is 6. The third-order valence-corrected chi connectivity index (χ3v) is 10.6. The highest BCUT2D eigenvalue weighted by molar-refractivity contribution is 5.94. The van der Waals surface area contributed by atoms with Crippen molar-refractivity contribution in [1.29, 1.82) is 0 Å². The predicted octanol–water partition coefficient (Wildman–Crippen LogP) is 2.49. The van der Waals surface area contributed by atoms with Crippen LogP contribution in [-0.2, 0) is 14.4 Å². The standard InChI is InChI=1S/C25H40N2O5/c1-12-7-8-18-23(3,4)21(27-31-6)17(29)11-25(18)24(12,5)10-15-16(28)9-14-19(20(15)32-25)13(2)26-22(14)30/h12-20,28-29H,7-11H2,1-6H3,(H,26,30). The molecule has 3 N–H and O–H groups in total. The molecule has 1 amide bonds. The highest BCUT2D eigenvalue weighted by Crippen LogP contribution is 2.68. The summed E-state index contributed by atoms with van der Waals surface area (Å²) in [7, 11) is 1.53. The second-order valence-corrected chi connectivity index (χ2v) is 12.2. The van der Waals surface area contributed by atoms with Gasteiger partial charge in [0.25, 0.3) is 0 Å². The smallest absolute Gasteiger partial charge is 0.223 e. The third-order valence-electron chi connectivity index (χ3n) is 10.6. The first-order valence-corrected chi connectivity index (χ1v) is 12.4. The number of oxime groups is 1. The minimum Gasteiger partial charge on any atom is -0.399 e. The first-order chi connectivity index (χ1) is 15.0. The number of nitrogens with zero attached hydrogens (tertiary/aromatic N) is 1. The Morgan fingerprint density at radius 3 is 2.56 bits per heavy atom. The topological polar surface area (TPSA) is 100 Å². The van der Waals surface area contributed by atoms with E-state index in [0.717, 1.165) is 19.3 Å². The summed E-state index contributed by atoms with van der Waals surface area (Å²) in [4.78, 5) is 17.8. The van der Waals surface area contributed by atoms with E-state index in [-0.39, 0.29) is 52.6 Å². The fourth-order valence-electron chi connectivity index (χ4n) is 8.83. The van der Waals surface area contributed by atoms with Crippen LogP contribution in [0.25, 0.3) is 0 Å². The third kappa shape index (κ3) is 2.70. The van der Waals surface area contributed by atoms with Crippen LogP contribution in [0.3, 0.4) is 0 Å². The molecule has 5 fully saturated rings. The molecule has 3 saturated carbocycles. The Balaban J connectivity index is 1.63. The highest BCUT2D eigenvalue weighted by atomic mass is 16.6. The molecule has 7 nitrogen and oxygen atoms in total. The molecule has 2 saturated heterocycles. The number of aliphatic hydroxyl groups is 2. The summed E-state index contributed by atoms with van der Waals surface area (Å²) in [6.45, 7) is 11.0. The van der Waals surface area contributed by atoms with Crippen molar-refractivity contribution >= 4 is 11.6 Å². The molecule has 2 aliphatic heterocycles. The van der Waals surface area contributed by atoms with Gasteiger partial charge in [0, 0.05) is 41.0 Å². The van der Waals surface area contributed by atoms with Crippen LogP contribution in [0.4, 0.5) is 0 Å². The lowest BCUT2D eigenvalue weighted by Crippen LogP contribution is -2.74. The molecule has 1 spiro atoms. The molecule has 2 heterocycles. The largest absolute Gasteiger partial charge is 0.399 e. The van der Waals surface area contributed by atoms with Gasteiger partial charge < -0.3 is 25.1 Å². The summed E-state index contributed by atoms with van der Waals surface area (Å²) in [5.41, 5.74) is -0.398. The molecule has 32 heavy (non-hydrogen) atoms. The second-order valence-electron chi connectivity index (χ2n) is 12.2. The number of carbonyl (C=O) groups is 1. The van der Waals surface area contributed by atoms with Crippen molar-refractivity contribution < 1.29 is 24.6 Å². The molecule has 11 atom stereocenters. The number of hydrogen-bond donors (Lipinski definition) is 3. The van der Waals surface area contributed by atoms with Crippen molar-refractivity contribution in [2.75, 3.05) is 7.11 Å². The maximum Gasteiger partial charge on any atom is 0.223 e. The van der Waals surface area contributed by atoms with E-state index in [2.05, 4.69) is 45.1 Å². The van der Waals surface area contributed by atoms with Gasteiger partial charge in [-0.1, -0.05) is 32.9 Å². The summed E-state index contributed by atoms with van der Waals surface area (Å²) in [5.74, 6) is 0.497. The maximum absolute atomic E-state index is 12.6. The monoisotopic (exact) mass is 448 g/mol. The van der Waals surface area contributed by atoms with Gasteiger partial charge in [-0.15, -0.1) is 0 Å². The summed E-state index contributed by atoms with van der Waals surface area (Å²) >= 11 is 0. The number of rotatable bonds is 1. The van der Waals surface area contributed by atoms with E-state index >= 15 is 0 Å². The van der Waals surface area contributed by atoms with Crippen LogP contribution >= 0.6 is 0 Å². The van der Waals surface area contributed by atoms with Crippen molar-refractivity contribution in [2.24, 2.45) is 45.6 Å². The molecule has 3 aliphatic carbocycles. The van der Waals surface area contributed by atoms with Crippen molar-refractivity contribution in [3.63, 3.8) is 0 Å². The summed E-state index contributed by atoms with van der Waals surface area (Å²) < 4.78 is 7.29. The van der Waals surface area contributed by atoms with Crippen LogP contribution < -0.4 is 5.32 Å². The fourth-order valence-corrected chi connectivity index (χ4v) is 8.83. The molecule has 180 valence electrons. The first-order valence-electron chi connectivity index (χ1n) is 12.4. The minimum atomic E-state index is -0.743. The van der Waals surface area contributed by atoms with E-state index in [0.29, 0.717) is 24.5 Å². The van der Waals surface area contributed by atoms with Crippen LogP contribution in [0, 0.1) is 40.4 Å². The summed E-state index contributed by atoms with van der Waals surface area (Å²) in [6.07, 6.45) is 2.48. The second kappa shape index (κ2) is 7.16. The number of amides is 1. The molecule has 7 heteroatoms. The van der Waals surface area contributed by atoms with Crippen LogP contribution in [-0.4, -0.2) is 58.9 Å². The molecule has 0 aromatic heterocycles. The first kappa shape index (κ1) is 22.6. The predicted molar refractivity (Wildman–Crippen MR) is 120 cm³/mol. The Kier molecular flexibility index (Phi) is 5.06. The minimum absolute atomic E-state index is 0.0116. The number of aliphatic hydroxyl groups excluding tert-OH is 2. The normalized spacial score (nSPS) is 55.3. The number of carbonyl (C=O) groups excluding carboxylic acids is 1. The van der Waals surface area contributed by atoms with E-state index in [4.69, 9.17) is 9.57 Å². The average Bonchev–Trinajstić information content (AvgIpc) is 2.98. The molecule has 0 radical (unpaired) electrons. The Hall–Kier alpha value is -1.18. The lowest BCUT2D eigenvalue weighted by atomic mass is 9.42. The van der Waals surface area contributed by atoms with E-state index in [9.17, 15) is 15.0 Å². The van der Waals surface area contributed by atoms with Crippen LogP contribution in [0.2, 0.25) is 0 Å². The van der Waals surface area contributed by atoms with Gasteiger partial charge in [-0.2, -0.15) is 0 Å². The molecule has 11 unspecified atom stereocenters. The number of ether oxygens (including phenoxy) is 1. The highest BCUT2D eigenvalue weighted by Gasteiger charge is 2.72. The van der Waals surface area contributed by atoms with Crippen LogP contribution in [0.5, 0.6) is 0 Å². The Morgan fingerprint density at radius 2 is 1.88 bits per heavy atom. The lowest BCUT2D eigenvalue weighted by Gasteiger charge is -2.70. The van der Waals surface area contributed by atoms with Gasteiger partial charge in [0.05, 0.1) is 29.6 Å². The van der Waals surface area contributed by atoms with Crippen LogP contribution in [0.1, 0.15) is 66.7 Å². The molecule has 5 rings (SSSR count). The molecule has 5 aliphatic rings. The number of nitrogens with one attached hydrogen (secondary N) is 1. The van der Waals surface area contributed by atoms with Gasteiger partial charge in [-0.05, 0) is 44.4 Å². The molecular formula is C25H40N2O5. The number of fused-ring (bicyclic) bond motifs is 3. The zero-order chi connectivity index (χ0) is 23.2. The van der Waals surface area contributed by atoms with E-state index in [1.54, 1.807) is 0 Å². The van der Waals surface area contributed by atoms with E-state index < -0.39 is 17.8 Å². The van der Waals surface area contributed by atoms with Crippen molar-refractivity contribution in [3.8, 4) is 0 Å². The van der Waals surface area contributed by atoms with Gasteiger partial charge in [0.2, 0.25) is 5.91 Å². The van der Waals surface area contributed by atoms with Gasteiger partial charge in [-0.25, -0.2) is 0 Å². The molecule has 0 aromatic carbocycles. The van der Waals surface area contributed by atoms with Crippen molar-refractivity contribution in [2.45, 2.75) is 96.7 Å². The van der Waals surface area contributed by atoms with Crippen molar-refractivity contribution in [1.82, 2.24) is 5.32 Å². The lowest BCUT2D eigenvalue weighted by molar-refractivity contribution is -0.325. The Bertz CT molecular complexity index is 829. The van der Waals surface area contributed by atoms with E-state index in [1.807, 2.05) is 0 Å². The summed E-state index contributed by atoms with van der Waals surface area (Å²) in [6, 6.07) is 0.0276. The zero-order valence-corrected chi connectivity index (χ0v) is 20.3. The van der Waals surface area contributed by atoms with Crippen LogP contribution in [0.15, 0.2) is 5.16 Å². The quantitative estimate of drug-likeness (QED) is 0.535. The van der Waals surface area contributed by atoms with Gasteiger partial charge >= 0.3 is 0 Å². The average molecular weight is 449 g/mol.